The number of quaternary nitrogens is 1. The van der Waals surface area contributed by atoms with Crippen LogP contribution in [0.1, 0.15) is 5.56 Å². The van der Waals surface area contributed by atoms with E-state index < -0.39 is 0 Å². The molecule has 1 saturated heterocycles. The first-order valence-electron chi connectivity index (χ1n) is 7.31. The highest BCUT2D eigenvalue weighted by Crippen LogP contribution is 2.11. The van der Waals surface area contributed by atoms with Gasteiger partial charge < -0.3 is 9.80 Å². The minimum absolute atomic E-state index is 0.143. The lowest BCUT2D eigenvalue weighted by atomic mass is 10.2. The predicted molar refractivity (Wildman–Crippen MR) is 81.7 cm³/mol. The third kappa shape index (κ3) is 3.37. The first kappa shape index (κ1) is 14.4. The van der Waals surface area contributed by atoms with E-state index in [9.17, 15) is 10.1 Å². The number of benzene rings is 1. The van der Waals surface area contributed by atoms with E-state index in [4.69, 9.17) is 0 Å². The molecule has 1 aromatic carbocycles. The van der Waals surface area contributed by atoms with Gasteiger partial charge >= 0.3 is 0 Å². The van der Waals surface area contributed by atoms with Crippen molar-refractivity contribution in [2.45, 2.75) is 6.54 Å². The molecular formula is C15H18N5O2+. The SMILES string of the molecule is O=[N+]([O-])c1ccc(C[NH+]2CCN(c3ncccn3)CC2)cc1. The minimum atomic E-state index is -0.366. The summed E-state index contributed by atoms with van der Waals surface area (Å²) in [4.78, 5) is 22.5. The first-order valence-corrected chi connectivity index (χ1v) is 7.31. The molecule has 0 spiro atoms. The maximum absolute atomic E-state index is 10.7. The van der Waals surface area contributed by atoms with E-state index >= 15 is 0 Å². The molecule has 7 nitrogen and oxygen atoms in total. The van der Waals surface area contributed by atoms with E-state index in [-0.39, 0.29) is 10.6 Å². The van der Waals surface area contributed by atoms with Gasteiger partial charge in [0.25, 0.3) is 5.69 Å². The van der Waals surface area contributed by atoms with Crippen molar-refractivity contribution in [2.24, 2.45) is 0 Å². The van der Waals surface area contributed by atoms with Crippen molar-refractivity contribution in [1.29, 1.82) is 0 Å². The van der Waals surface area contributed by atoms with Gasteiger partial charge in [0.2, 0.25) is 5.95 Å². The Morgan fingerprint density at radius 1 is 1.14 bits per heavy atom. The lowest BCUT2D eigenvalue weighted by Crippen LogP contribution is -3.13. The summed E-state index contributed by atoms with van der Waals surface area (Å²) >= 11 is 0. The minimum Gasteiger partial charge on any atom is -0.330 e. The number of aromatic nitrogens is 2. The Morgan fingerprint density at radius 3 is 2.36 bits per heavy atom. The quantitative estimate of drug-likeness (QED) is 0.649. The molecule has 0 unspecified atom stereocenters. The summed E-state index contributed by atoms with van der Waals surface area (Å²) in [6.07, 6.45) is 3.52. The number of nitrogens with one attached hydrogen (secondary N) is 1. The van der Waals surface area contributed by atoms with Gasteiger partial charge in [-0.25, -0.2) is 9.97 Å². The highest BCUT2D eigenvalue weighted by atomic mass is 16.6. The number of nitrogens with zero attached hydrogens (tertiary/aromatic N) is 4. The number of nitro benzene ring substituents is 1. The Kier molecular flexibility index (Phi) is 4.24. The van der Waals surface area contributed by atoms with Crippen LogP contribution in [0.5, 0.6) is 0 Å². The van der Waals surface area contributed by atoms with Crippen LogP contribution in [0.2, 0.25) is 0 Å². The zero-order valence-corrected chi connectivity index (χ0v) is 12.2. The monoisotopic (exact) mass is 300 g/mol. The Morgan fingerprint density at radius 2 is 1.77 bits per heavy atom. The molecule has 2 aromatic rings. The molecule has 0 amide bonds. The third-order valence-electron chi connectivity index (χ3n) is 3.91. The van der Waals surface area contributed by atoms with Crippen LogP contribution in [0.15, 0.2) is 42.7 Å². The summed E-state index contributed by atoms with van der Waals surface area (Å²) < 4.78 is 0. The summed E-state index contributed by atoms with van der Waals surface area (Å²) in [7, 11) is 0. The number of rotatable bonds is 4. The van der Waals surface area contributed by atoms with Crippen LogP contribution >= 0.6 is 0 Å². The number of anilines is 1. The molecular weight excluding hydrogens is 282 g/mol. The van der Waals surface area contributed by atoms with Crippen LogP contribution in [0.25, 0.3) is 0 Å². The van der Waals surface area contributed by atoms with Gasteiger partial charge in [-0.3, -0.25) is 10.1 Å². The largest absolute Gasteiger partial charge is 0.330 e. The van der Waals surface area contributed by atoms with Crippen LogP contribution in [-0.4, -0.2) is 41.1 Å². The van der Waals surface area contributed by atoms with Gasteiger partial charge in [0.15, 0.2) is 0 Å². The Bertz CT molecular complexity index is 624. The molecule has 0 radical (unpaired) electrons. The molecule has 1 fully saturated rings. The lowest BCUT2D eigenvalue weighted by Gasteiger charge is -2.32. The topological polar surface area (TPSA) is 76.6 Å². The molecule has 1 aromatic heterocycles. The summed E-state index contributed by atoms with van der Waals surface area (Å²) in [6.45, 7) is 4.75. The van der Waals surface area contributed by atoms with Crippen LogP contribution in [0.3, 0.4) is 0 Å². The molecule has 0 atom stereocenters. The van der Waals surface area contributed by atoms with E-state index in [1.807, 2.05) is 18.2 Å². The van der Waals surface area contributed by atoms with Gasteiger partial charge in [-0.1, -0.05) is 0 Å². The number of nitro groups is 1. The Labute approximate surface area is 128 Å². The average molecular weight is 300 g/mol. The zero-order chi connectivity index (χ0) is 15.4. The van der Waals surface area contributed by atoms with Crippen molar-refractivity contribution in [2.75, 3.05) is 31.1 Å². The average Bonchev–Trinajstić information content (AvgIpc) is 2.57. The lowest BCUT2D eigenvalue weighted by molar-refractivity contribution is -0.914. The normalized spacial score (nSPS) is 15.7. The number of non-ortho nitro benzene ring substituents is 1. The first-order chi connectivity index (χ1) is 10.7. The number of hydrogen-bond acceptors (Lipinski definition) is 5. The van der Waals surface area contributed by atoms with Crippen LogP contribution < -0.4 is 9.80 Å². The van der Waals surface area contributed by atoms with Crippen molar-refractivity contribution in [3.8, 4) is 0 Å². The van der Waals surface area contributed by atoms with Crippen molar-refractivity contribution >= 4 is 11.6 Å². The van der Waals surface area contributed by atoms with E-state index in [1.165, 1.54) is 4.90 Å². The molecule has 114 valence electrons. The van der Waals surface area contributed by atoms with Gasteiger partial charge in [-0.05, 0) is 18.2 Å². The molecule has 7 heteroatoms. The van der Waals surface area contributed by atoms with E-state index in [2.05, 4.69) is 14.9 Å². The van der Waals surface area contributed by atoms with Crippen LogP contribution in [0, 0.1) is 10.1 Å². The summed E-state index contributed by atoms with van der Waals surface area (Å²) in [6, 6.07) is 8.65. The molecule has 2 heterocycles. The molecule has 0 bridgehead atoms. The number of piperazine rings is 1. The van der Waals surface area contributed by atoms with Crippen LogP contribution in [-0.2, 0) is 6.54 Å². The standard InChI is InChI=1S/C15H17N5O2/c21-20(22)14-4-2-13(3-5-14)12-18-8-10-19(11-9-18)15-16-6-1-7-17-15/h1-7H,8-12H2/p+1. The Hall–Kier alpha value is -2.54. The fourth-order valence-corrected chi connectivity index (χ4v) is 2.68. The third-order valence-corrected chi connectivity index (χ3v) is 3.91. The summed E-state index contributed by atoms with van der Waals surface area (Å²) in [5.41, 5.74) is 1.27. The van der Waals surface area contributed by atoms with Gasteiger partial charge in [0.05, 0.1) is 31.1 Å². The maximum Gasteiger partial charge on any atom is 0.269 e. The summed E-state index contributed by atoms with van der Waals surface area (Å²) in [5, 5.41) is 10.7. The predicted octanol–water partition coefficient (Wildman–Crippen LogP) is 0.290. The Balaban J connectivity index is 1.54. The van der Waals surface area contributed by atoms with E-state index in [0.717, 1.165) is 44.2 Å². The fraction of sp³-hybridized carbons (Fsp3) is 0.333. The molecule has 0 aliphatic carbocycles. The second-order valence-electron chi connectivity index (χ2n) is 5.39. The second-order valence-corrected chi connectivity index (χ2v) is 5.39. The van der Waals surface area contributed by atoms with E-state index in [1.54, 1.807) is 24.5 Å². The summed E-state index contributed by atoms with van der Waals surface area (Å²) in [5.74, 6) is 0.789. The van der Waals surface area contributed by atoms with Gasteiger partial charge in [0, 0.05) is 30.1 Å². The molecule has 1 aliphatic rings. The molecule has 1 aliphatic heterocycles. The van der Waals surface area contributed by atoms with Crippen molar-refractivity contribution in [3.05, 3.63) is 58.4 Å². The smallest absolute Gasteiger partial charge is 0.269 e. The van der Waals surface area contributed by atoms with Crippen molar-refractivity contribution in [3.63, 3.8) is 0 Å². The zero-order valence-electron chi connectivity index (χ0n) is 12.2. The van der Waals surface area contributed by atoms with Gasteiger partial charge in [-0.15, -0.1) is 0 Å². The van der Waals surface area contributed by atoms with Gasteiger partial charge in [0.1, 0.15) is 6.54 Å². The number of hydrogen-bond donors (Lipinski definition) is 1. The molecule has 22 heavy (non-hydrogen) atoms. The van der Waals surface area contributed by atoms with Crippen molar-refractivity contribution < 1.29 is 9.82 Å². The van der Waals surface area contributed by atoms with Crippen molar-refractivity contribution in [1.82, 2.24) is 9.97 Å². The maximum atomic E-state index is 10.7. The molecule has 0 saturated carbocycles. The highest BCUT2D eigenvalue weighted by molar-refractivity contribution is 5.32. The fourth-order valence-electron chi connectivity index (χ4n) is 2.68. The van der Waals surface area contributed by atoms with E-state index in [0.29, 0.717) is 0 Å². The molecule has 1 N–H and O–H groups in total. The van der Waals surface area contributed by atoms with Crippen LogP contribution in [0.4, 0.5) is 11.6 Å². The second kappa shape index (κ2) is 6.48. The highest BCUT2D eigenvalue weighted by Gasteiger charge is 2.21. The molecule has 3 rings (SSSR count). The van der Waals surface area contributed by atoms with Gasteiger partial charge in [-0.2, -0.15) is 0 Å².